The summed E-state index contributed by atoms with van der Waals surface area (Å²) in [6.07, 6.45) is 50.8. The number of hydrogen-bond donors (Lipinski definition) is 0. The maximum atomic E-state index is 2.59. The summed E-state index contributed by atoms with van der Waals surface area (Å²) in [6.45, 7) is 29.1. The van der Waals surface area contributed by atoms with E-state index in [2.05, 4.69) is 398 Å². The second kappa shape index (κ2) is 45.9. The molecule has 0 aromatic heterocycles. The molecule has 0 aliphatic heterocycles. The fourth-order valence-corrected chi connectivity index (χ4v) is 18.9. The Morgan fingerprint density at radius 2 is 0.431 bits per heavy atom. The number of rotatable bonds is 39. The van der Waals surface area contributed by atoms with Gasteiger partial charge >= 0.3 is 0 Å². The van der Waals surface area contributed by atoms with Gasteiger partial charge in [0.05, 0.1) is 0 Å². The van der Waals surface area contributed by atoms with Crippen molar-refractivity contribution >= 4 is 53.5 Å². The van der Waals surface area contributed by atoms with Crippen molar-refractivity contribution in [3.63, 3.8) is 0 Å². The Balaban J connectivity index is 0.000000183. The van der Waals surface area contributed by atoms with Gasteiger partial charge in [-0.2, -0.15) is 0 Å². The molecule has 12 aromatic rings. The zero-order valence-electron chi connectivity index (χ0n) is 77.6. The van der Waals surface area contributed by atoms with Crippen LogP contribution in [0, 0.1) is 41.5 Å². The summed E-state index contributed by atoms with van der Waals surface area (Å²) in [5.74, 6) is 0. The third-order valence-corrected chi connectivity index (χ3v) is 26.4. The van der Waals surface area contributed by atoms with Crippen molar-refractivity contribution in [1.82, 2.24) is 0 Å². The molecule has 0 amide bonds. The average molecular weight is 1630 g/mol. The van der Waals surface area contributed by atoms with Crippen LogP contribution in [0.3, 0.4) is 0 Å². The van der Waals surface area contributed by atoms with Gasteiger partial charge in [0.2, 0.25) is 0 Å². The Hall–Kier alpha value is -10.3. The first-order valence-electron chi connectivity index (χ1n) is 47.9. The number of aryl methyl sites for hydroxylation is 6. The molecule has 0 saturated heterocycles. The van der Waals surface area contributed by atoms with E-state index >= 15 is 0 Å². The van der Waals surface area contributed by atoms with E-state index in [-0.39, 0.29) is 16.2 Å². The van der Waals surface area contributed by atoms with Gasteiger partial charge in [-0.25, -0.2) is 0 Å². The van der Waals surface area contributed by atoms with E-state index < -0.39 is 0 Å². The smallest absolute Gasteiger partial charge is 0.0462 e. The highest BCUT2D eigenvalue weighted by Crippen LogP contribution is 2.57. The summed E-state index contributed by atoms with van der Waals surface area (Å²) >= 11 is 0. The Morgan fingerprint density at radius 1 is 0.220 bits per heavy atom. The van der Waals surface area contributed by atoms with E-state index in [9.17, 15) is 0 Å². The van der Waals surface area contributed by atoms with Crippen molar-refractivity contribution in [2.75, 3.05) is 4.90 Å². The van der Waals surface area contributed by atoms with Crippen LogP contribution >= 0.6 is 0 Å². The summed E-state index contributed by atoms with van der Waals surface area (Å²) in [4.78, 5) is 2.30. The van der Waals surface area contributed by atoms with Gasteiger partial charge in [-0.1, -0.05) is 491 Å². The molecule has 0 fully saturated rings. The van der Waals surface area contributed by atoms with E-state index in [4.69, 9.17) is 0 Å². The van der Waals surface area contributed by atoms with Gasteiger partial charge in [0.25, 0.3) is 0 Å². The molecule has 0 radical (unpaired) electrons. The minimum absolute atomic E-state index is 0.0135. The number of benzene rings is 12. The SMILES string of the molecule is CCCCCCCCC1(CCCCCCCC)c2cc(-c3ccc(C=Cc4ccc(C)cc4)cc3)ccc2-c2ccc(-c3ccc(C=Cc4ccc(C)cc4)cc3)cc21.CCCCCCCCC1(CCCCCCCC)c2cc(C)ccc2-c2ccc(C)cc21.Cc1ccc(N(c2ccc(C)cc2)c2ccc(/C=C/c3ccc(C(C)(C)C)cc3)cc2)cc1. The average Bonchev–Trinajstić information content (AvgIpc) is 1.57. The standard InChI is InChI=1S/C59H66.C32H33N.C31H46/c1-5-7-9-11-13-15-41-59(42-16-14-12-10-8-6-2)57-43-53(51-33-29-49(30-34-51)27-25-47-21-17-45(3)18-22-47)37-39-55(57)56-40-38-54(44-58(56)59)52-35-31-50(32-36-52)28-26-48-23-19-46(4)20-24-48;1-24-6-18-29(19-7-24)33(30-20-8-25(2)9-21-30)31-22-14-27(15-23-31)11-10-26-12-16-28(17-13-26)32(3,4)5;1-5-7-9-11-13-15-21-31(22-16-14-12-10-8-6-2)29-23-25(3)17-19-27(29)28-20-18-26(4)24-30(28)31/h17-40,43-44H,5-16,41-42H2,1-4H3;6-23H,1-5H3;17-20,23-24H,5-16,21-22H2,1-4H3/b;11-10+;. The van der Waals surface area contributed by atoms with Crippen LogP contribution in [0.5, 0.6) is 0 Å². The van der Waals surface area contributed by atoms with Gasteiger partial charge in [-0.3, -0.25) is 0 Å². The number of anilines is 3. The van der Waals surface area contributed by atoms with Gasteiger partial charge in [-0.05, 0) is 227 Å². The number of fused-ring (bicyclic) bond motifs is 6. The van der Waals surface area contributed by atoms with E-state index in [1.807, 2.05) is 0 Å². The molecule has 123 heavy (non-hydrogen) atoms. The molecule has 2 aliphatic carbocycles. The lowest BCUT2D eigenvalue weighted by Crippen LogP contribution is -2.25. The van der Waals surface area contributed by atoms with Crippen LogP contribution in [0.4, 0.5) is 17.1 Å². The Morgan fingerprint density at radius 3 is 0.715 bits per heavy atom. The van der Waals surface area contributed by atoms with Crippen LogP contribution < -0.4 is 4.90 Å². The largest absolute Gasteiger partial charge is 0.311 e. The predicted molar refractivity (Wildman–Crippen MR) is 543 cm³/mol. The van der Waals surface area contributed by atoms with E-state index in [0.29, 0.717) is 0 Å². The highest BCUT2D eigenvalue weighted by atomic mass is 15.1. The number of hydrogen-bond acceptors (Lipinski definition) is 1. The second-order valence-electron chi connectivity index (χ2n) is 37.4. The first-order chi connectivity index (χ1) is 59.9. The van der Waals surface area contributed by atoms with Crippen LogP contribution in [0.15, 0.2) is 267 Å². The summed E-state index contributed by atoms with van der Waals surface area (Å²) < 4.78 is 0. The first kappa shape index (κ1) is 91.9. The second-order valence-corrected chi connectivity index (χ2v) is 37.4. The van der Waals surface area contributed by atoms with Crippen molar-refractivity contribution in [1.29, 1.82) is 0 Å². The maximum Gasteiger partial charge on any atom is 0.0462 e. The molecule has 0 saturated carbocycles. The van der Waals surface area contributed by atoms with E-state index in [0.717, 1.165) is 17.1 Å². The van der Waals surface area contributed by atoms with Crippen LogP contribution in [-0.4, -0.2) is 0 Å². The fraction of sp³-hybridized carbons (Fsp3) is 0.361. The topological polar surface area (TPSA) is 3.24 Å². The molecule has 638 valence electrons. The summed E-state index contributed by atoms with van der Waals surface area (Å²) in [5, 5.41) is 0. The number of unbranched alkanes of at least 4 members (excludes halogenated alkanes) is 20. The highest BCUT2D eigenvalue weighted by molar-refractivity contribution is 5.88. The minimum atomic E-state index is 0.0135. The first-order valence-corrected chi connectivity index (χ1v) is 47.9. The van der Waals surface area contributed by atoms with E-state index in [1.54, 1.807) is 22.3 Å². The fourth-order valence-electron chi connectivity index (χ4n) is 18.9. The maximum absolute atomic E-state index is 2.59. The van der Waals surface area contributed by atoms with Crippen molar-refractivity contribution in [3.05, 3.63) is 361 Å². The van der Waals surface area contributed by atoms with Crippen LogP contribution in [0.1, 0.15) is 323 Å². The quantitative estimate of drug-likeness (QED) is 0.0274. The van der Waals surface area contributed by atoms with Crippen LogP contribution in [0.25, 0.3) is 81.0 Å². The number of nitrogens with zero attached hydrogens (tertiary/aromatic N) is 1. The molecular formula is C122H145N. The van der Waals surface area contributed by atoms with E-state index in [1.165, 1.54) is 297 Å². The van der Waals surface area contributed by atoms with Gasteiger partial charge in [0, 0.05) is 27.9 Å². The molecular weight excluding hydrogens is 1480 g/mol. The Bertz CT molecular complexity index is 5020. The summed E-state index contributed by atoms with van der Waals surface area (Å²) in [6, 6.07) is 100. The van der Waals surface area contributed by atoms with Crippen LogP contribution in [0.2, 0.25) is 0 Å². The molecule has 0 atom stereocenters. The van der Waals surface area contributed by atoms with Gasteiger partial charge in [0.1, 0.15) is 0 Å². The van der Waals surface area contributed by atoms with Crippen molar-refractivity contribution < 1.29 is 0 Å². The third kappa shape index (κ3) is 25.2. The normalized spacial score (nSPS) is 12.9. The molecule has 1 heteroatoms. The lowest BCUT2D eigenvalue weighted by atomic mass is 9.70. The highest BCUT2D eigenvalue weighted by Gasteiger charge is 2.44. The molecule has 0 heterocycles. The lowest BCUT2D eigenvalue weighted by molar-refractivity contribution is 0.397. The third-order valence-electron chi connectivity index (χ3n) is 26.4. The Kier molecular flexibility index (Phi) is 34.3. The summed E-state index contributed by atoms with van der Waals surface area (Å²) in [7, 11) is 0. The lowest BCUT2D eigenvalue weighted by Gasteiger charge is -2.33. The Labute approximate surface area is 745 Å². The van der Waals surface area contributed by atoms with Crippen molar-refractivity contribution in [2.24, 2.45) is 0 Å². The summed E-state index contributed by atoms with van der Waals surface area (Å²) in [5.41, 5.74) is 38.1. The van der Waals surface area contributed by atoms with Crippen LogP contribution in [-0.2, 0) is 16.2 Å². The monoisotopic (exact) mass is 1620 g/mol. The van der Waals surface area contributed by atoms with Crippen molar-refractivity contribution in [3.8, 4) is 44.5 Å². The zero-order valence-corrected chi connectivity index (χ0v) is 77.6. The van der Waals surface area contributed by atoms with Crippen molar-refractivity contribution in [2.45, 2.75) is 286 Å². The van der Waals surface area contributed by atoms with Gasteiger partial charge in [0.15, 0.2) is 0 Å². The molecule has 0 bridgehead atoms. The van der Waals surface area contributed by atoms with Gasteiger partial charge < -0.3 is 4.90 Å². The molecule has 0 unspecified atom stereocenters. The zero-order chi connectivity index (χ0) is 86.4. The molecule has 0 N–H and O–H groups in total. The molecule has 2 aliphatic rings. The minimum Gasteiger partial charge on any atom is -0.311 e. The van der Waals surface area contributed by atoms with Gasteiger partial charge in [-0.15, -0.1) is 0 Å². The predicted octanol–water partition coefficient (Wildman–Crippen LogP) is 37.1. The molecule has 14 rings (SSSR count). The molecule has 12 aromatic carbocycles. The molecule has 0 spiro atoms. The molecule has 1 nitrogen and oxygen atoms in total.